The summed E-state index contributed by atoms with van der Waals surface area (Å²) in [6.07, 6.45) is 6.92. The third kappa shape index (κ3) is 6.33. The number of hydrogen-bond acceptors (Lipinski definition) is 4. The molecule has 0 bridgehead atoms. The molecule has 0 aliphatic rings. The maximum absolute atomic E-state index is 12.2. The highest BCUT2D eigenvalue weighted by atomic mass is 32.2. The van der Waals surface area contributed by atoms with Crippen LogP contribution in [0, 0.1) is 0 Å². The lowest BCUT2D eigenvalue weighted by Gasteiger charge is -2.13. The van der Waals surface area contributed by atoms with Gasteiger partial charge in [-0.15, -0.1) is 0 Å². The highest BCUT2D eigenvalue weighted by Crippen LogP contribution is 2.22. The number of unbranched alkanes of at least 4 members (excludes halogenated alkanes) is 2. The first kappa shape index (κ1) is 20.9. The third-order valence-electron chi connectivity index (χ3n) is 4.13. The summed E-state index contributed by atoms with van der Waals surface area (Å²) in [6.45, 7) is 2.47. The number of aromatic nitrogens is 1. The van der Waals surface area contributed by atoms with Crippen molar-refractivity contribution in [2.24, 2.45) is 0 Å². The maximum Gasteiger partial charge on any atom is 0.319 e. The van der Waals surface area contributed by atoms with Crippen molar-refractivity contribution in [3.8, 4) is 0 Å². The number of amides is 2. The number of benzene rings is 1. The van der Waals surface area contributed by atoms with Crippen molar-refractivity contribution in [3.05, 3.63) is 53.9 Å². The fourth-order valence-corrected chi connectivity index (χ4v) is 3.62. The summed E-state index contributed by atoms with van der Waals surface area (Å²) in [6, 6.07) is 8.15. The Morgan fingerprint density at radius 3 is 2.52 bits per heavy atom. The second-order valence-electron chi connectivity index (χ2n) is 6.15. The second-order valence-corrected chi connectivity index (χ2v) is 8.01. The molecule has 146 valence electrons. The number of nitrogens with zero attached hydrogens (tertiary/aromatic N) is 1. The monoisotopic (exact) mass is 390 g/mol. The quantitative estimate of drug-likeness (QED) is 0.573. The normalized spacial score (nSPS) is 11.2. The van der Waals surface area contributed by atoms with E-state index in [4.69, 9.17) is 0 Å². The summed E-state index contributed by atoms with van der Waals surface area (Å²) in [7, 11) is -2.15. The van der Waals surface area contributed by atoms with E-state index in [0.717, 1.165) is 24.8 Å². The minimum absolute atomic E-state index is 0.254. The zero-order chi connectivity index (χ0) is 19.7. The van der Waals surface area contributed by atoms with Gasteiger partial charge in [0.05, 0.1) is 4.90 Å². The molecule has 0 fully saturated rings. The molecule has 0 spiro atoms. The van der Waals surface area contributed by atoms with Gasteiger partial charge in [0.2, 0.25) is 10.0 Å². The number of urea groups is 1. The Kier molecular flexibility index (Phi) is 7.75. The summed E-state index contributed by atoms with van der Waals surface area (Å²) < 4.78 is 26.8. The molecule has 2 rings (SSSR count). The highest BCUT2D eigenvalue weighted by Gasteiger charge is 2.17. The van der Waals surface area contributed by atoms with Crippen molar-refractivity contribution in [2.45, 2.75) is 44.0 Å². The van der Waals surface area contributed by atoms with E-state index in [-0.39, 0.29) is 10.9 Å². The molecule has 7 nitrogen and oxygen atoms in total. The van der Waals surface area contributed by atoms with E-state index in [1.54, 1.807) is 24.5 Å². The number of anilines is 1. The van der Waals surface area contributed by atoms with Crippen molar-refractivity contribution in [1.29, 1.82) is 0 Å². The van der Waals surface area contributed by atoms with Gasteiger partial charge in [-0.1, -0.05) is 19.8 Å². The number of carbonyl (C=O) groups excluding carboxylic acids is 1. The Balaban J connectivity index is 2.09. The van der Waals surface area contributed by atoms with Gasteiger partial charge in [-0.3, -0.25) is 4.98 Å². The van der Waals surface area contributed by atoms with E-state index < -0.39 is 10.0 Å². The molecule has 1 aromatic carbocycles. The molecular formula is C19H26N4O3S. The zero-order valence-electron chi connectivity index (χ0n) is 15.7. The summed E-state index contributed by atoms with van der Waals surface area (Å²) in [4.78, 5) is 16.3. The second kappa shape index (κ2) is 10.0. The van der Waals surface area contributed by atoms with Crippen molar-refractivity contribution < 1.29 is 13.2 Å². The summed E-state index contributed by atoms with van der Waals surface area (Å²) in [5, 5.41) is 5.53. The molecule has 3 N–H and O–H groups in total. The molecule has 27 heavy (non-hydrogen) atoms. The SMILES string of the molecule is CCCCCc1cc(NC(=O)NCc2ccncc2)ccc1S(=O)(=O)NC. The van der Waals surface area contributed by atoms with E-state index in [2.05, 4.69) is 27.3 Å². The van der Waals surface area contributed by atoms with Crippen LogP contribution in [0.3, 0.4) is 0 Å². The lowest BCUT2D eigenvalue weighted by molar-refractivity contribution is 0.251. The van der Waals surface area contributed by atoms with Crippen LogP contribution in [0.4, 0.5) is 10.5 Å². The van der Waals surface area contributed by atoms with Crippen molar-refractivity contribution in [1.82, 2.24) is 15.0 Å². The van der Waals surface area contributed by atoms with Crippen LogP contribution in [-0.2, 0) is 23.0 Å². The van der Waals surface area contributed by atoms with Crippen LogP contribution in [0.25, 0.3) is 0 Å². The maximum atomic E-state index is 12.2. The van der Waals surface area contributed by atoms with Gasteiger partial charge >= 0.3 is 6.03 Å². The van der Waals surface area contributed by atoms with Crippen LogP contribution in [-0.4, -0.2) is 26.5 Å². The van der Waals surface area contributed by atoms with E-state index in [1.165, 1.54) is 13.1 Å². The predicted octanol–water partition coefficient (Wildman–Crippen LogP) is 3.04. The Morgan fingerprint density at radius 1 is 1.11 bits per heavy atom. The Labute approximate surface area is 160 Å². The largest absolute Gasteiger partial charge is 0.334 e. The van der Waals surface area contributed by atoms with E-state index >= 15 is 0 Å². The van der Waals surface area contributed by atoms with E-state index in [9.17, 15) is 13.2 Å². The van der Waals surface area contributed by atoms with Crippen LogP contribution >= 0.6 is 0 Å². The highest BCUT2D eigenvalue weighted by molar-refractivity contribution is 7.89. The molecule has 1 aromatic heterocycles. The molecule has 2 aromatic rings. The first-order chi connectivity index (χ1) is 13.0. The molecule has 0 unspecified atom stereocenters. The molecule has 0 radical (unpaired) electrons. The molecule has 1 heterocycles. The molecule has 2 amide bonds. The minimum Gasteiger partial charge on any atom is -0.334 e. The van der Waals surface area contributed by atoms with Crippen LogP contribution < -0.4 is 15.4 Å². The molecular weight excluding hydrogens is 364 g/mol. The fourth-order valence-electron chi connectivity index (χ4n) is 2.65. The first-order valence-electron chi connectivity index (χ1n) is 8.96. The molecule has 0 saturated heterocycles. The fraction of sp³-hybridized carbons (Fsp3) is 0.368. The minimum atomic E-state index is -3.54. The van der Waals surface area contributed by atoms with E-state index in [1.807, 2.05) is 12.1 Å². The van der Waals surface area contributed by atoms with Crippen LogP contribution in [0.2, 0.25) is 0 Å². The van der Waals surface area contributed by atoms with Gasteiger partial charge in [0, 0.05) is 24.6 Å². The van der Waals surface area contributed by atoms with Crippen LogP contribution in [0.5, 0.6) is 0 Å². The van der Waals surface area contributed by atoms with Gasteiger partial charge < -0.3 is 10.6 Å². The van der Waals surface area contributed by atoms with Gasteiger partial charge in [-0.2, -0.15) is 0 Å². The predicted molar refractivity (Wildman–Crippen MR) is 106 cm³/mol. The van der Waals surface area contributed by atoms with Crippen LogP contribution in [0.15, 0.2) is 47.6 Å². The van der Waals surface area contributed by atoms with Crippen LogP contribution in [0.1, 0.15) is 37.3 Å². The molecule has 0 aliphatic heterocycles. The average molecular weight is 391 g/mol. The standard InChI is InChI=1S/C19H26N4O3S/c1-3-4-5-6-16-13-17(7-8-18(16)27(25,26)20-2)23-19(24)22-14-15-9-11-21-12-10-15/h7-13,20H,3-6,14H2,1-2H3,(H2,22,23,24). The lowest BCUT2D eigenvalue weighted by atomic mass is 10.1. The van der Waals surface area contributed by atoms with Crippen molar-refractivity contribution in [3.63, 3.8) is 0 Å². The Morgan fingerprint density at radius 2 is 1.85 bits per heavy atom. The molecule has 0 atom stereocenters. The Hall–Kier alpha value is -2.45. The number of nitrogens with one attached hydrogen (secondary N) is 3. The molecule has 0 aliphatic carbocycles. The number of pyridine rings is 1. The first-order valence-corrected chi connectivity index (χ1v) is 10.4. The molecule has 0 saturated carbocycles. The van der Waals surface area contributed by atoms with Gasteiger partial charge in [0.15, 0.2) is 0 Å². The lowest BCUT2D eigenvalue weighted by Crippen LogP contribution is -2.28. The Bertz CT molecular complexity index is 855. The third-order valence-corrected chi connectivity index (χ3v) is 5.64. The summed E-state index contributed by atoms with van der Waals surface area (Å²) >= 11 is 0. The van der Waals surface area contributed by atoms with Gasteiger partial charge in [-0.25, -0.2) is 17.9 Å². The molecule has 8 heteroatoms. The smallest absolute Gasteiger partial charge is 0.319 e. The number of sulfonamides is 1. The van der Waals surface area contributed by atoms with Gasteiger partial charge in [0.25, 0.3) is 0 Å². The summed E-state index contributed by atoms with van der Waals surface area (Å²) in [5.74, 6) is 0. The van der Waals surface area contributed by atoms with E-state index in [0.29, 0.717) is 24.2 Å². The van der Waals surface area contributed by atoms with Crippen molar-refractivity contribution >= 4 is 21.7 Å². The average Bonchev–Trinajstić information content (AvgIpc) is 2.67. The van der Waals surface area contributed by atoms with Gasteiger partial charge in [-0.05, 0) is 61.3 Å². The number of carbonyl (C=O) groups is 1. The number of rotatable bonds is 9. The van der Waals surface area contributed by atoms with Gasteiger partial charge in [0.1, 0.15) is 0 Å². The summed E-state index contributed by atoms with van der Waals surface area (Å²) in [5.41, 5.74) is 2.20. The topological polar surface area (TPSA) is 100 Å². The number of hydrogen-bond donors (Lipinski definition) is 3. The zero-order valence-corrected chi connectivity index (χ0v) is 16.5. The number of aryl methyl sites for hydroxylation is 1. The van der Waals surface area contributed by atoms with Crippen molar-refractivity contribution in [2.75, 3.05) is 12.4 Å².